The molecule has 4 heteroatoms. The minimum absolute atomic E-state index is 0.423. The van der Waals surface area contributed by atoms with Gasteiger partial charge < -0.3 is 5.32 Å². The van der Waals surface area contributed by atoms with Crippen LogP contribution in [0.15, 0.2) is 24.5 Å². The van der Waals surface area contributed by atoms with Gasteiger partial charge in [-0.25, -0.2) is 0 Å². The topological polar surface area (TPSA) is 24.9 Å². The lowest BCUT2D eigenvalue weighted by atomic mass is 10.0. The SMILES string of the molecule is CCC1SCCSC1C(NC)c1cccnc1. The van der Waals surface area contributed by atoms with Crippen molar-refractivity contribution in [2.75, 3.05) is 18.6 Å². The highest BCUT2D eigenvalue weighted by Gasteiger charge is 2.32. The van der Waals surface area contributed by atoms with Crippen LogP contribution < -0.4 is 5.32 Å². The predicted octanol–water partition coefficient (Wildman–Crippen LogP) is 2.97. The van der Waals surface area contributed by atoms with Crippen molar-refractivity contribution in [3.8, 4) is 0 Å². The molecule has 3 atom stereocenters. The Bertz CT molecular complexity index is 331. The van der Waals surface area contributed by atoms with Crippen molar-refractivity contribution in [1.82, 2.24) is 10.3 Å². The predicted molar refractivity (Wildman–Crippen MR) is 78.8 cm³/mol. The number of hydrogen-bond donors (Lipinski definition) is 1. The van der Waals surface area contributed by atoms with E-state index in [1.54, 1.807) is 0 Å². The molecule has 94 valence electrons. The summed E-state index contributed by atoms with van der Waals surface area (Å²) in [5.41, 5.74) is 1.31. The smallest absolute Gasteiger partial charge is 0.0464 e. The van der Waals surface area contributed by atoms with E-state index in [0.717, 1.165) is 5.25 Å². The van der Waals surface area contributed by atoms with Gasteiger partial charge in [-0.15, -0.1) is 0 Å². The molecule has 1 aromatic rings. The molecule has 1 saturated heterocycles. The average molecular weight is 268 g/mol. The van der Waals surface area contributed by atoms with Crippen molar-refractivity contribution in [3.05, 3.63) is 30.1 Å². The maximum Gasteiger partial charge on any atom is 0.0464 e. The monoisotopic (exact) mass is 268 g/mol. The molecule has 0 bridgehead atoms. The van der Waals surface area contributed by atoms with Crippen LogP contribution in [0.5, 0.6) is 0 Å². The van der Waals surface area contributed by atoms with Gasteiger partial charge in [-0.2, -0.15) is 23.5 Å². The van der Waals surface area contributed by atoms with Crippen LogP contribution in [0.3, 0.4) is 0 Å². The van der Waals surface area contributed by atoms with Crippen LogP contribution in [0.2, 0.25) is 0 Å². The van der Waals surface area contributed by atoms with Crippen LogP contribution >= 0.6 is 23.5 Å². The van der Waals surface area contributed by atoms with Crippen LogP contribution in [0, 0.1) is 0 Å². The maximum atomic E-state index is 4.24. The third-order valence-corrected chi connectivity index (χ3v) is 6.53. The molecule has 2 heterocycles. The van der Waals surface area contributed by atoms with Gasteiger partial charge in [0, 0.05) is 40.4 Å². The molecule has 0 radical (unpaired) electrons. The molecular weight excluding hydrogens is 248 g/mol. The van der Waals surface area contributed by atoms with Crippen molar-refractivity contribution in [3.63, 3.8) is 0 Å². The van der Waals surface area contributed by atoms with Crippen molar-refractivity contribution in [1.29, 1.82) is 0 Å². The molecular formula is C13H20N2S2. The van der Waals surface area contributed by atoms with Crippen LogP contribution in [0.4, 0.5) is 0 Å². The number of nitrogens with one attached hydrogen (secondary N) is 1. The van der Waals surface area contributed by atoms with E-state index in [4.69, 9.17) is 0 Å². The third kappa shape index (κ3) is 3.18. The minimum Gasteiger partial charge on any atom is -0.312 e. The first kappa shape index (κ1) is 13.2. The van der Waals surface area contributed by atoms with E-state index in [1.807, 2.05) is 18.5 Å². The van der Waals surface area contributed by atoms with Crippen LogP contribution in [-0.2, 0) is 0 Å². The third-order valence-electron chi connectivity index (χ3n) is 3.18. The molecule has 2 nitrogen and oxygen atoms in total. The Morgan fingerprint density at radius 2 is 2.29 bits per heavy atom. The lowest BCUT2D eigenvalue weighted by molar-refractivity contribution is 0.542. The molecule has 0 amide bonds. The first-order valence-corrected chi connectivity index (χ1v) is 8.27. The Morgan fingerprint density at radius 3 is 2.94 bits per heavy atom. The number of hydrogen-bond acceptors (Lipinski definition) is 4. The maximum absolute atomic E-state index is 4.24. The zero-order valence-corrected chi connectivity index (χ0v) is 12.1. The Balaban J connectivity index is 2.16. The van der Waals surface area contributed by atoms with Crippen LogP contribution in [-0.4, -0.2) is 34.0 Å². The van der Waals surface area contributed by atoms with Gasteiger partial charge in [-0.05, 0) is 25.1 Å². The van der Waals surface area contributed by atoms with Crippen molar-refractivity contribution in [2.45, 2.75) is 29.9 Å². The summed E-state index contributed by atoms with van der Waals surface area (Å²) >= 11 is 4.24. The average Bonchev–Trinajstić information content (AvgIpc) is 2.41. The molecule has 3 unspecified atom stereocenters. The summed E-state index contributed by atoms with van der Waals surface area (Å²) in [5, 5.41) is 4.89. The van der Waals surface area contributed by atoms with E-state index in [0.29, 0.717) is 11.3 Å². The lowest BCUT2D eigenvalue weighted by Crippen LogP contribution is -2.37. The summed E-state index contributed by atoms with van der Waals surface area (Å²) in [6, 6.07) is 4.63. The number of nitrogens with zero attached hydrogens (tertiary/aromatic N) is 1. The molecule has 0 saturated carbocycles. The minimum atomic E-state index is 0.423. The second-order valence-corrected chi connectivity index (χ2v) is 6.84. The summed E-state index contributed by atoms with van der Waals surface area (Å²) in [7, 11) is 2.06. The normalized spacial score (nSPS) is 26.7. The van der Waals surface area contributed by atoms with Crippen molar-refractivity contribution in [2.24, 2.45) is 0 Å². The molecule has 0 aliphatic carbocycles. The second-order valence-electron chi connectivity index (χ2n) is 4.21. The molecule has 1 fully saturated rings. The fraction of sp³-hybridized carbons (Fsp3) is 0.615. The zero-order valence-electron chi connectivity index (χ0n) is 10.4. The van der Waals surface area contributed by atoms with Gasteiger partial charge in [0.25, 0.3) is 0 Å². The van der Waals surface area contributed by atoms with E-state index in [9.17, 15) is 0 Å². The molecule has 1 aliphatic rings. The molecule has 17 heavy (non-hydrogen) atoms. The van der Waals surface area contributed by atoms with Gasteiger partial charge in [0.2, 0.25) is 0 Å². The highest BCUT2D eigenvalue weighted by atomic mass is 32.2. The van der Waals surface area contributed by atoms with Gasteiger partial charge in [-0.3, -0.25) is 4.98 Å². The summed E-state index contributed by atoms with van der Waals surface area (Å²) in [6.45, 7) is 2.30. The Labute approximate surface area is 112 Å². The first-order valence-electron chi connectivity index (χ1n) is 6.17. The number of pyridine rings is 1. The quantitative estimate of drug-likeness (QED) is 0.907. The van der Waals surface area contributed by atoms with Crippen LogP contribution in [0.1, 0.15) is 24.9 Å². The first-order chi connectivity index (χ1) is 8.36. The summed E-state index contributed by atoms with van der Waals surface area (Å²) in [4.78, 5) is 4.24. The molecule has 0 spiro atoms. The van der Waals surface area contributed by atoms with Gasteiger partial charge in [0.05, 0.1) is 0 Å². The van der Waals surface area contributed by atoms with Crippen LogP contribution in [0.25, 0.3) is 0 Å². The summed E-state index contributed by atoms with van der Waals surface area (Å²) < 4.78 is 0. The highest BCUT2D eigenvalue weighted by Crippen LogP contribution is 2.39. The van der Waals surface area contributed by atoms with E-state index in [-0.39, 0.29) is 0 Å². The molecule has 1 N–H and O–H groups in total. The Kier molecular flexibility index (Phi) is 5.19. The fourth-order valence-electron chi connectivity index (χ4n) is 2.33. The molecule has 2 rings (SSSR count). The standard InChI is InChI=1S/C13H20N2S2/c1-3-11-13(17-8-7-16-11)12(14-2)10-5-4-6-15-9-10/h4-6,9,11-14H,3,7-8H2,1-2H3. The number of thioether (sulfide) groups is 2. The zero-order chi connectivity index (χ0) is 12.1. The van der Waals surface area contributed by atoms with E-state index in [2.05, 4.69) is 53.9 Å². The summed E-state index contributed by atoms with van der Waals surface area (Å²) in [6.07, 6.45) is 5.09. The van der Waals surface area contributed by atoms with Gasteiger partial charge in [-0.1, -0.05) is 13.0 Å². The van der Waals surface area contributed by atoms with E-state index in [1.165, 1.54) is 23.5 Å². The Morgan fingerprint density at radius 1 is 1.47 bits per heavy atom. The molecule has 1 aromatic heterocycles. The fourth-order valence-corrected chi connectivity index (χ4v) is 5.62. The van der Waals surface area contributed by atoms with E-state index >= 15 is 0 Å². The Hall–Kier alpha value is -0.190. The largest absolute Gasteiger partial charge is 0.312 e. The summed E-state index contributed by atoms with van der Waals surface area (Å²) in [5.74, 6) is 2.56. The molecule has 1 aliphatic heterocycles. The van der Waals surface area contributed by atoms with E-state index < -0.39 is 0 Å². The second kappa shape index (κ2) is 6.66. The molecule has 0 aromatic carbocycles. The van der Waals surface area contributed by atoms with Gasteiger partial charge in [0.1, 0.15) is 0 Å². The van der Waals surface area contributed by atoms with Crippen molar-refractivity contribution < 1.29 is 0 Å². The number of aromatic nitrogens is 1. The van der Waals surface area contributed by atoms with Gasteiger partial charge >= 0.3 is 0 Å². The lowest BCUT2D eigenvalue weighted by Gasteiger charge is -2.35. The van der Waals surface area contributed by atoms with Crippen molar-refractivity contribution >= 4 is 23.5 Å². The van der Waals surface area contributed by atoms with Gasteiger partial charge in [0.15, 0.2) is 0 Å². The number of rotatable bonds is 4. The highest BCUT2D eigenvalue weighted by molar-refractivity contribution is 8.07.